The molecule has 1 atom stereocenters. The van der Waals surface area contributed by atoms with Gasteiger partial charge in [0.25, 0.3) is 5.91 Å². The number of carbonyl (C=O) groups excluding carboxylic acids is 1. The number of nitrogens with zero attached hydrogens (tertiary/aromatic N) is 4. The van der Waals surface area contributed by atoms with Crippen molar-refractivity contribution in [2.45, 2.75) is 18.3 Å². The third-order valence-corrected chi connectivity index (χ3v) is 5.24. The van der Waals surface area contributed by atoms with Crippen molar-refractivity contribution < 1.29 is 41.7 Å². The van der Waals surface area contributed by atoms with E-state index >= 15 is 0 Å². The number of carbonyl (C=O) groups is 2. The third kappa shape index (κ3) is 6.74. The number of hydrogen-bond acceptors (Lipinski definition) is 6. The average Bonchev–Trinajstić information content (AvgIpc) is 3.10. The summed E-state index contributed by atoms with van der Waals surface area (Å²) in [7, 11) is 1.82. The first-order valence-corrected chi connectivity index (χ1v) is 10.3. The van der Waals surface area contributed by atoms with Crippen LogP contribution in [-0.4, -0.2) is 82.9 Å². The van der Waals surface area contributed by atoms with Gasteiger partial charge < -0.3 is 19.5 Å². The zero-order valence-corrected chi connectivity index (χ0v) is 18.3. The Labute approximate surface area is 192 Å². The Kier molecular flexibility index (Phi) is 7.89. The van der Waals surface area contributed by atoms with Crippen molar-refractivity contribution in [3.8, 4) is 0 Å². The molecule has 1 amide bonds. The largest absolute Gasteiger partial charge is 0.490 e. The molecule has 1 aromatic carbocycles. The Hall–Kier alpha value is -3.03. The number of alkyl halides is 3. The van der Waals surface area contributed by atoms with Crippen molar-refractivity contribution in [1.29, 1.82) is 0 Å². The molecule has 0 aliphatic carbocycles. The first-order valence-electron chi connectivity index (χ1n) is 10.3. The number of ether oxygens (including phenoxy) is 2. The highest BCUT2D eigenvalue weighted by Gasteiger charge is 2.43. The van der Waals surface area contributed by atoms with Gasteiger partial charge >= 0.3 is 12.1 Å². The number of anilines is 1. The fourth-order valence-corrected chi connectivity index (χ4v) is 3.65. The lowest BCUT2D eigenvalue weighted by molar-refractivity contribution is -0.192. The number of aryl methyl sites for hydroxylation is 1. The number of rotatable bonds is 3. The van der Waals surface area contributed by atoms with Crippen LogP contribution >= 0.6 is 0 Å². The van der Waals surface area contributed by atoms with Crippen molar-refractivity contribution in [3.63, 3.8) is 0 Å². The van der Waals surface area contributed by atoms with E-state index in [1.165, 1.54) is 12.1 Å². The fraction of sp³-hybridized carbons (Fsp3) is 0.476. The zero-order valence-electron chi connectivity index (χ0n) is 18.3. The highest BCUT2D eigenvalue weighted by Crippen LogP contribution is 2.27. The SMILES string of the molecule is Cn1cc(N2CC3(COCCN(Cc4ccc(F)cc4)C3)OCC2=O)cn1.O=C(O)C(F)(F)F. The smallest absolute Gasteiger partial charge is 0.475 e. The summed E-state index contributed by atoms with van der Waals surface area (Å²) in [6, 6.07) is 6.53. The number of hydrogen-bond donors (Lipinski definition) is 1. The maximum absolute atomic E-state index is 13.2. The van der Waals surface area contributed by atoms with Crippen LogP contribution in [-0.2, 0) is 32.7 Å². The van der Waals surface area contributed by atoms with Gasteiger partial charge in [-0.05, 0) is 17.7 Å². The summed E-state index contributed by atoms with van der Waals surface area (Å²) in [5.74, 6) is -3.08. The molecule has 1 aromatic heterocycles. The molecule has 1 spiro atoms. The topological polar surface area (TPSA) is 97.1 Å². The van der Waals surface area contributed by atoms with Gasteiger partial charge in [0.2, 0.25) is 0 Å². The van der Waals surface area contributed by atoms with Crippen LogP contribution in [0.2, 0.25) is 0 Å². The fourth-order valence-electron chi connectivity index (χ4n) is 3.65. The van der Waals surface area contributed by atoms with Gasteiger partial charge in [-0.15, -0.1) is 0 Å². The van der Waals surface area contributed by atoms with Crippen LogP contribution in [0.25, 0.3) is 0 Å². The summed E-state index contributed by atoms with van der Waals surface area (Å²) in [5, 5.41) is 11.3. The minimum Gasteiger partial charge on any atom is -0.475 e. The lowest BCUT2D eigenvalue weighted by Crippen LogP contribution is -2.60. The minimum absolute atomic E-state index is 0.0165. The van der Waals surface area contributed by atoms with Crippen molar-refractivity contribution in [3.05, 3.63) is 48.0 Å². The molecule has 3 heterocycles. The van der Waals surface area contributed by atoms with Gasteiger partial charge in [-0.2, -0.15) is 18.3 Å². The maximum Gasteiger partial charge on any atom is 0.490 e. The number of aromatic nitrogens is 2. The number of aliphatic carboxylic acids is 1. The van der Waals surface area contributed by atoms with E-state index < -0.39 is 17.7 Å². The van der Waals surface area contributed by atoms with E-state index in [-0.39, 0.29) is 18.3 Å². The van der Waals surface area contributed by atoms with Crippen LogP contribution in [0.5, 0.6) is 0 Å². The van der Waals surface area contributed by atoms with Crippen LogP contribution in [0.1, 0.15) is 5.56 Å². The Morgan fingerprint density at radius 1 is 1.24 bits per heavy atom. The second kappa shape index (κ2) is 10.5. The summed E-state index contributed by atoms with van der Waals surface area (Å²) < 4.78 is 58.4. The van der Waals surface area contributed by atoms with Crippen molar-refractivity contribution in [2.24, 2.45) is 7.05 Å². The summed E-state index contributed by atoms with van der Waals surface area (Å²) in [4.78, 5) is 25.2. The number of halogens is 4. The van der Waals surface area contributed by atoms with Crippen molar-refractivity contribution in [2.75, 3.05) is 44.4 Å². The molecule has 13 heteroatoms. The molecule has 0 saturated carbocycles. The van der Waals surface area contributed by atoms with Crippen molar-refractivity contribution in [1.82, 2.24) is 14.7 Å². The molecule has 186 valence electrons. The van der Waals surface area contributed by atoms with E-state index in [0.29, 0.717) is 32.8 Å². The molecule has 9 nitrogen and oxygen atoms in total. The standard InChI is InChI=1S/C19H23FN4O3.C2HF3O2/c1-22-10-17(8-21-22)24-13-19(27-11-18(24)25)12-23(6-7-26-14-19)9-15-2-4-16(20)5-3-15;3-2(4,5)1(6)7/h2-5,8,10H,6-7,9,11-14H2,1H3;(H,6,7). The monoisotopic (exact) mass is 488 g/mol. The van der Waals surface area contributed by atoms with Gasteiger partial charge in [-0.25, -0.2) is 9.18 Å². The lowest BCUT2D eigenvalue weighted by Gasteiger charge is -2.42. The first kappa shape index (κ1) is 25.6. The van der Waals surface area contributed by atoms with E-state index in [4.69, 9.17) is 19.4 Å². The molecular formula is C21H24F4N4O5. The van der Waals surface area contributed by atoms with Gasteiger partial charge in [0.05, 0.1) is 31.6 Å². The maximum atomic E-state index is 13.2. The molecule has 34 heavy (non-hydrogen) atoms. The summed E-state index contributed by atoms with van der Waals surface area (Å²) in [5.41, 5.74) is 1.20. The highest BCUT2D eigenvalue weighted by molar-refractivity contribution is 5.95. The predicted octanol–water partition coefficient (Wildman–Crippen LogP) is 1.83. The van der Waals surface area contributed by atoms with Gasteiger partial charge in [0, 0.05) is 32.9 Å². The molecule has 1 N–H and O–H groups in total. The Morgan fingerprint density at radius 2 is 1.91 bits per heavy atom. The molecule has 0 bridgehead atoms. The highest BCUT2D eigenvalue weighted by atomic mass is 19.4. The predicted molar refractivity (Wildman–Crippen MR) is 110 cm³/mol. The van der Waals surface area contributed by atoms with Crippen LogP contribution in [0, 0.1) is 5.82 Å². The molecule has 2 aliphatic rings. The molecule has 0 radical (unpaired) electrons. The summed E-state index contributed by atoms with van der Waals surface area (Å²) >= 11 is 0. The summed E-state index contributed by atoms with van der Waals surface area (Å²) in [6.45, 7) is 3.51. The Bertz CT molecular complexity index is 998. The second-order valence-corrected chi connectivity index (χ2v) is 8.02. The lowest BCUT2D eigenvalue weighted by atomic mass is 10.0. The molecule has 4 rings (SSSR count). The van der Waals surface area contributed by atoms with E-state index in [9.17, 15) is 22.4 Å². The number of carboxylic acid groups (broad SMARTS) is 1. The summed E-state index contributed by atoms with van der Waals surface area (Å²) in [6.07, 6.45) is -1.57. The van der Waals surface area contributed by atoms with Crippen LogP contribution in [0.3, 0.4) is 0 Å². The number of morpholine rings is 1. The van der Waals surface area contributed by atoms with E-state index in [0.717, 1.165) is 17.8 Å². The van der Waals surface area contributed by atoms with Crippen LogP contribution in [0.4, 0.5) is 23.2 Å². The first-order chi connectivity index (χ1) is 16.0. The third-order valence-electron chi connectivity index (χ3n) is 5.24. The molecule has 2 saturated heterocycles. The van der Waals surface area contributed by atoms with E-state index in [1.54, 1.807) is 27.9 Å². The van der Waals surface area contributed by atoms with E-state index in [1.807, 2.05) is 13.2 Å². The Balaban J connectivity index is 0.000000406. The minimum atomic E-state index is -5.08. The van der Waals surface area contributed by atoms with Gasteiger partial charge in [0.15, 0.2) is 0 Å². The zero-order chi connectivity index (χ0) is 24.9. The second-order valence-electron chi connectivity index (χ2n) is 8.02. The number of carboxylic acids is 1. The Morgan fingerprint density at radius 3 is 2.50 bits per heavy atom. The number of amides is 1. The van der Waals surface area contributed by atoms with Crippen LogP contribution < -0.4 is 4.90 Å². The van der Waals surface area contributed by atoms with E-state index in [2.05, 4.69) is 10.00 Å². The quantitative estimate of drug-likeness (QED) is 0.659. The normalized spacial score (nSPS) is 21.7. The van der Waals surface area contributed by atoms with Gasteiger partial charge in [-0.3, -0.25) is 14.4 Å². The molecular weight excluding hydrogens is 464 g/mol. The average molecular weight is 488 g/mol. The van der Waals surface area contributed by atoms with Crippen LogP contribution in [0.15, 0.2) is 36.7 Å². The molecule has 2 aromatic rings. The molecule has 2 fully saturated rings. The molecule has 1 unspecified atom stereocenters. The van der Waals surface area contributed by atoms with Crippen molar-refractivity contribution >= 4 is 17.6 Å². The molecule has 2 aliphatic heterocycles. The van der Waals surface area contributed by atoms with Gasteiger partial charge in [-0.1, -0.05) is 12.1 Å². The number of benzene rings is 1. The van der Waals surface area contributed by atoms with Gasteiger partial charge in [0.1, 0.15) is 18.0 Å².